The van der Waals surface area contributed by atoms with Gasteiger partial charge in [0.2, 0.25) is 0 Å². The molecule has 0 saturated carbocycles. The molecular weight excluding hydrogens is 453 g/mol. The number of benzene rings is 1. The molecule has 1 N–H and O–H groups in total. The van der Waals surface area contributed by atoms with E-state index in [4.69, 9.17) is 4.74 Å². The predicted octanol–water partition coefficient (Wildman–Crippen LogP) is 4.29. The van der Waals surface area contributed by atoms with Crippen LogP contribution < -0.4 is 10.1 Å². The first-order valence-corrected chi connectivity index (χ1v) is 9.70. The Kier molecular flexibility index (Phi) is 4.68. The fourth-order valence-electron chi connectivity index (χ4n) is 3.06. The number of ether oxygens (including phenoxy) is 1. The Morgan fingerprint density at radius 3 is 2.80 bits per heavy atom. The highest BCUT2D eigenvalue weighted by atomic mass is 79.9. The SMILES string of the molecule is Fc1c(Nc2ncnc3cc(Br)cc(OCc4ncccn4)c23)ccn2nccc12. The molecule has 1 aromatic carbocycles. The molecule has 0 aliphatic carbocycles. The molecule has 4 aromatic heterocycles. The van der Waals surface area contributed by atoms with Gasteiger partial charge in [0, 0.05) is 23.1 Å². The van der Waals surface area contributed by atoms with Crippen molar-refractivity contribution < 1.29 is 9.13 Å². The third-order valence-electron chi connectivity index (χ3n) is 4.41. The lowest BCUT2D eigenvalue weighted by Gasteiger charge is -2.14. The second-order valence-electron chi connectivity index (χ2n) is 6.30. The van der Waals surface area contributed by atoms with Gasteiger partial charge in [-0.1, -0.05) is 15.9 Å². The van der Waals surface area contributed by atoms with Crippen LogP contribution in [0.4, 0.5) is 15.9 Å². The van der Waals surface area contributed by atoms with E-state index in [1.165, 1.54) is 17.0 Å². The maximum absolute atomic E-state index is 14.9. The Morgan fingerprint density at radius 1 is 1.07 bits per heavy atom. The second kappa shape index (κ2) is 7.64. The summed E-state index contributed by atoms with van der Waals surface area (Å²) in [5, 5.41) is 7.72. The zero-order chi connectivity index (χ0) is 20.5. The molecule has 10 heteroatoms. The maximum Gasteiger partial charge on any atom is 0.172 e. The van der Waals surface area contributed by atoms with Crippen LogP contribution in [0.2, 0.25) is 0 Å². The molecule has 5 rings (SSSR count). The first kappa shape index (κ1) is 18.4. The first-order valence-electron chi connectivity index (χ1n) is 8.91. The smallest absolute Gasteiger partial charge is 0.172 e. The van der Waals surface area contributed by atoms with E-state index in [9.17, 15) is 4.39 Å². The number of nitrogens with one attached hydrogen (secondary N) is 1. The Hall–Kier alpha value is -3.66. The third-order valence-corrected chi connectivity index (χ3v) is 4.87. The summed E-state index contributed by atoms with van der Waals surface area (Å²) >= 11 is 3.47. The van der Waals surface area contributed by atoms with Crippen molar-refractivity contribution in [3.63, 3.8) is 0 Å². The van der Waals surface area contributed by atoms with Crippen LogP contribution in [0.1, 0.15) is 5.82 Å². The average molecular weight is 466 g/mol. The number of hydrogen-bond acceptors (Lipinski definition) is 7. The molecule has 0 saturated heterocycles. The fourth-order valence-corrected chi connectivity index (χ4v) is 3.49. The lowest BCUT2D eigenvalue weighted by atomic mass is 10.2. The number of pyridine rings is 1. The van der Waals surface area contributed by atoms with E-state index in [0.717, 1.165) is 4.47 Å². The number of anilines is 2. The van der Waals surface area contributed by atoms with Crippen LogP contribution in [0.15, 0.2) is 65.9 Å². The van der Waals surface area contributed by atoms with Crippen molar-refractivity contribution in [2.75, 3.05) is 5.32 Å². The highest BCUT2D eigenvalue weighted by Crippen LogP contribution is 2.35. The number of nitrogens with zero attached hydrogens (tertiary/aromatic N) is 6. The molecule has 0 bridgehead atoms. The quantitative estimate of drug-likeness (QED) is 0.413. The monoisotopic (exact) mass is 465 g/mol. The van der Waals surface area contributed by atoms with Gasteiger partial charge in [0.1, 0.15) is 30.0 Å². The summed E-state index contributed by atoms with van der Waals surface area (Å²) in [5.74, 6) is 1.04. The van der Waals surface area contributed by atoms with Crippen molar-refractivity contribution in [2.24, 2.45) is 0 Å². The number of halogens is 2. The Labute approximate surface area is 177 Å². The highest BCUT2D eigenvalue weighted by molar-refractivity contribution is 9.10. The van der Waals surface area contributed by atoms with Crippen molar-refractivity contribution in [3.8, 4) is 5.75 Å². The molecule has 148 valence electrons. The van der Waals surface area contributed by atoms with Crippen molar-refractivity contribution in [1.82, 2.24) is 29.5 Å². The molecule has 0 radical (unpaired) electrons. The summed E-state index contributed by atoms with van der Waals surface area (Å²) in [6.45, 7) is 0.164. The maximum atomic E-state index is 14.9. The molecule has 0 spiro atoms. The van der Waals surface area contributed by atoms with Crippen LogP contribution in [0.3, 0.4) is 0 Å². The van der Waals surface area contributed by atoms with Gasteiger partial charge in [0.15, 0.2) is 11.6 Å². The molecule has 0 fully saturated rings. The van der Waals surface area contributed by atoms with E-state index in [2.05, 4.69) is 46.3 Å². The summed E-state index contributed by atoms with van der Waals surface area (Å²) in [4.78, 5) is 17.0. The van der Waals surface area contributed by atoms with Crippen molar-refractivity contribution in [1.29, 1.82) is 0 Å². The molecule has 0 atom stereocenters. The van der Waals surface area contributed by atoms with Crippen LogP contribution in [0, 0.1) is 5.82 Å². The summed E-state index contributed by atoms with van der Waals surface area (Å²) < 4.78 is 23.1. The van der Waals surface area contributed by atoms with Gasteiger partial charge in [-0.15, -0.1) is 0 Å². The molecule has 4 heterocycles. The molecule has 0 aliphatic heterocycles. The van der Waals surface area contributed by atoms with E-state index in [0.29, 0.717) is 33.8 Å². The van der Waals surface area contributed by atoms with Gasteiger partial charge in [-0.05, 0) is 30.3 Å². The summed E-state index contributed by atoms with van der Waals surface area (Å²) in [6, 6.07) is 8.57. The van der Waals surface area contributed by atoms with Crippen LogP contribution in [-0.4, -0.2) is 29.5 Å². The lowest BCUT2D eigenvalue weighted by Crippen LogP contribution is -2.04. The average Bonchev–Trinajstić information content (AvgIpc) is 3.24. The van der Waals surface area contributed by atoms with E-state index in [-0.39, 0.29) is 12.3 Å². The standard InChI is InChI=1S/C20H13BrFN7O/c21-12-8-14-18(16(9-12)30-10-17-23-4-1-5-24-17)20(26-11-25-14)28-13-3-7-29-15(19(13)22)2-6-27-29/h1-9,11H,10H2,(H,25,26,28). The Bertz CT molecular complexity index is 1360. The van der Waals surface area contributed by atoms with E-state index in [1.54, 1.807) is 42.9 Å². The molecule has 0 aliphatic rings. The second-order valence-corrected chi connectivity index (χ2v) is 7.22. The van der Waals surface area contributed by atoms with E-state index >= 15 is 0 Å². The third kappa shape index (κ3) is 3.41. The molecular formula is C20H13BrFN7O. The molecule has 30 heavy (non-hydrogen) atoms. The minimum absolute atomic E-state index is 0.164. The first-order chi connectivity index (χ1) is 14.7. The largest absolute Gasteiger partial charge is 0.485 e. The van der Waals surface area contributed by atoms with Gasteiger partial charge in [0.25, 0.3) is 0 Å². The van der Waals surface area contributed by atoms with Crippen LogP contribution in [-0.2, 0) is 6.61 Å². The lowest BCUT2D eigenvalue weighted by molar-refractivity contribution is 0.299. The minimum atomic E-state index is -0.431. The predicted molar refractivity (Wildman–Crippen MR) is 112 cm³/mol. The zero-order valence-electron chi connectivity index (χ0n) is 15.3. The van der Waals surface area contributed by atoms with Gasteiger partial charge in [-0.25, -0.2) is 28.8 Å². The van der Waals surface area contributed by atoms with Crippen LogP contribution >= 0.6 is 15.9 Å². The highest BCUT2D eigenvalue weighted by Gasteiger charge is 2.15. The van der Waals surface area contributed by atoms with Crippen LogP contribution in [0.5, 0.6) is 5.75 Å². The number of rotatable bonds is 5. The summed E-state index contributed by atoms with van der Waals surface area (Å²) in [7, 11) is 0. The van der Waals surface area contributed by atoms with Crippen molar-refractivity contribution in [2.45, 2.75) is 6.61 Å². The van der Waals surface area contributed by atoms with Gasteiger partial charge in [0.05, 0.1) is 22.8 Å². The number of aromatic nitrogens is 6. The van der Waals surface area contributed by atoms with Gasteiger partial charge in [-0.3, -0.25) is 0 Å². The normalized spacial score (nSPS) is 11.1. The number of hydrogen-bond donors (Lipinski definition) is 1. The van der Waals surface area contributed by atoms with E-state index in [1.807, 2.05) is 6.07 Å². The topological polar surface area (TPSA) is 90.1 Å². The Balaban J connectivity index is 1.56. The molecule has 8 nitrogen and oxygen atoms in total. The molecule has 0 amide bonds. The molecule has 0 unspecified atom stereocenters. The van der Waals surface area contributed by atoms with E-state index < -0.39 is 5.82 Å². The zero-order valence-corrected chi connectivity index (χ0v) is 16.9. The minimum Gasteiger partial charge on any atom is -0.485 e. The molecule has 5 aromatic rings. The fraction of sp³-hybridized carbons (Fsp3) is 0.0500. The number of fused-ring (bicyclic) bond motifs is 2. The van der Waals surface area contributed by atoms with Crippen molar-refractivity contribution >= 4 is 43.9 Å². The van der Waals surface area contributed by atoms with Crippen molar-refractivity contribution in [3.05, 3.63) is 77.6 Å². The Morgan fingerprint density at radius 2 is 1.93 bits per heavy atom. The van der Waals surface area contributed by atoms with Crippen LogP contribution in [0.25, 0.3) is 16.4 Å². The summed E-state index contributed by atoms with van der Waals surface area (Å²) in [6.07, 6.45) is 7.92. The van der Waals surface area contributed by atoms with Gasteiger partial charge >= 0.3 is 0 Å². The van der Waals surface area contributed by atoms with Gasteiger partial charge in [-0.2, -0.15) is 5.10 Å². The van der Waals surface area contributed by atoms with Gasteiger partial charge < -0.3 is 10.1 Å². The summed E-state index contributed by atoms with van der Waals surface area (Å²) in [5.41, 5.74) is 1.26.